The number of amides is 2. The van der Waals surface area contributed by atoms with Gasteiger partial charge in [0.15, 0.2) is 0 Å². The van der Waals surface area contributed by atoms with E-state index >= 15 is 0 Å². The van der Waals surface area contributed by atoms with Gasteiger partial charge in [0.1, 0.15) is 11.6 Å². The van der Waals surface area contributed by atoms with Crippen LogP contribution in [0.4, 0.5) is 4.79 Å². The largest absolute Gasteiger partial charge is 0.331 e. The van der Waals surface area contributed by atoms with Gasteiger partial charge >= 0.3 is 6.03 Å². The highest BCUT2D eigenvalue weighted by Gasteiger charge is 2.30. The minimum absolute atomic E-state index is 0.113. The minimum Gasteiger partial charge on any atom is -0.331 e. The van der Waals surface area contributed by atoms with Crippen molar-refractivity contribution < 1.29 is 4.79 Å². The van der Waals surface area contributed by atoms with Crippen LogP contribution in [0.3, 0.4) is 0 Å². The van der Waals surface area contributed by atoms with Gasteiger partial charge in [-0.25, -0.2) is 4.79 Å². The Balaban J connectivity index is 1.63. The first kappa shape index (κ1) is 16.2. The fourth-order valence-electron chi connectivity index (χ4n) is 3.65. The van der Waals surface area contributed by atoms with Gasteiger partial charge in [-0.1, -0.05) is 6.92 Å². The number of fused-ring (bicyclic) bond motifs is 1. The number of likely N-dealkylation sites (tertiary alicyclic amines) is 1. The van der Waals surface area contributed by atoms with E-state index in [1.807, 2.05) is 19.0 Å². The molecule has 0 saturated carbocycles. The monoisotopic (exact) mass is 320 g/mol. The Hall–Kier alpha value is -1.63. The van der Waals surface area contributed by atoms with Crippen molar-refractivity contribution in [2.24, 2.45) is 0 Å². The van der Waals surface area contributed by atoms with E-state index in [2.05, 4.69) is 26.6 Å². The van der Waals surface area contributed by atoms with Crippen molar-refractivity contribution in [1.82, 2.24) is 29.5 Å². The fourth-order valence-corrected chi connectivity index (χ4v) is 3.65. The zero-order chi connectivity index (χ0) is 16.4. The van der Waals surface area contributed by atoms with E-state index in [1.54, 1.807) is 4.90 Å². The average molecular weight is 320 g/mol. The molecule has 0 unspecified atom stereocenters. The molecule has 7 heteroatoms. The van der Waals surface area contributed by atoms with Gasteiger partial charge in [0.25, 0.3) is 0 Å². The fraction of sp³-hybridized carbons (Fsp3) is 0.812. The average Bonchev–Trinajstić information content (AvgIpc) is 2.97. The molecule has 1 aromatic rings. The van der Waals surface area contributed by atoms with Crippen LogP contribution in [-0.2, 0) is 13.1 Å². The highest BCUT2D eigenvalue weighted by Crippen LogP contribution is 2.28. The molecule has 0 aliphatic carbocycles. The number of hydrogen-bond acceptors (Lipinski definition) is 4. The van der Waals surface area contributed by atoms with E-state index in [4.69, 9.17) is 0 Å². The summed E-state index contributed by atoms with van der Waals surface area (Å²) in [5.41, 5.74) is 0. The molecule has 0 radical (unpaired) electrons. The number of aromatic nitrogens is 3. The molecule has 23 heavy (non-hydrogen) atoms. The second kappa shape index (κ2) is 6.86. The Morgan fingerprint density at radius 3 is 2.57 bits per heavy atom. The first-order valence-electron chi connectivity index (χ1n) is 8.70. The van der Waals surface area contributed by atoms with Gasteiger partial charge in [0.05, 0.1) is 6.54 Å². The molecular formula is C16H28N6O. The summed E-state index contributed by atoms with van der Waals surface area (Å²) in [6, 6.07) is 0.113. The SMILES string of the molecule is CCCN1CCn2c(nnc2C2CCN(C(=O)N(C)C)CC2)C1. The molecule has 0 atom stereocenters. The van der Waals surface area contributed by atoms with Crippen LogP contribution in [-0.4, -0.2) is 75.8 Å². The molecule has 2 amide bonds. The van der Waals surface area contributed by atoms with Gasteiger partial charge in [-0.15, -0.1) is 10.2 Å². The van der Waals surface area contributed by atoms with Crippen LogP contribution in [0.1, 0.15) is 43.8 Å². The smallest absolute Gasteiger partial charge is 0.319 e. The maximum Gasteiger partial charge on any atom is 0.319 e. The first-order chi connectivity index (χ1) is 11.1. The van der Waals surface area contributed by atoms with Crippen LogP contribution in [0.2, 0.25) is 0 Å². The number of rotatable bonds is 3. The molecule has 7 nitrogen and oxygen atoms in total. The molecule has 128 valence electrons. The van der Waals surface area contributed by atoms with Gasteiger partial charge in [0.2, 0.25) is 0 Å². The van der Waals surface area contributed by atoms with Gasteiger partial charge in [-0.3, -0.25) is 4.90 Å². The topological polar surface area (TPSA) is 57.5 Å². The lowest BCUT2D eigenvalue weighted by atomic mass is 9.96. The second-order valence-corrected chi connectivity index (χ2v) is 6.84. The molecule has 2 aliphatic rings. The summed E-state index contributed by atoms with van der Waals surface area (Å²) in [6.45, 7) is 7.97. The van der Waals surface area contributed by atoms with Crippen molar-refractivity contribution in [3.05, 3.63) is 11.6 Å². The van der Waals surface area contributed by atoms with E-state index in [9.17, 15) is 4.79 Å². The van der Waals surface area contributed by atoms with Crippen molar-refractivity contribution in [3.63, 3.8) is 0 Å². The molecule has 0 spiro atoms. The maximum atomic E-state index is 12.0. The summed E-state index contributed by atoms with van der Waals surface area (Å²) in [4.78, 5) is 18.1. The summed E-state index contributed by atoms with van der Waals surface area (Å²) >= 11 is 0. The number of carbonyl (C=O) groups is 1. The van der Waals surface area contributed by atoms with Gasteiger partial charge in [-0.2, -0.15) is 0 Å². The Bertz CT molecular complexity index is 547. The Kier molecular flexibility index (Phi) is 4.84. The summed E-state index contributed by atoms with van der Waals surface area (Å²) < 4.78 is 2.32. The van der Waals surface area contributed by atoms with Crippen LogP contribution in [0.5, 0.6) is 0 Å². The first-order valence-corrected chi connectivity index (χ1v) is 8.70. The third-order valence-corrected chi connectivity index (χ3v) is 4.91. The molecule has 1 aromatic heterocycles. The van der Waals surface area contributed by atoms with E-state index in [-0.39, 0.29) is 6.03 Å². The Morgan fingerprint density at radius 2 is 1.91 bits per heavy atom. The van der Waals surface area contributed by atoms with Crippen LogP contribution >= 0.6 is 0 Å². The zero-order valence-corrected chi connectivity index (χ0v) is 14.5. The van der Waals surface area contributed by atoms with Crippen LogP contribution in [0.15, 0.2) is 0 Å². The van der Waals surface area contributed by atoms with Crippen molar-refractivity contribution in [3.8, 4) is 0 Å². The predicted octanol–water partition coefficient (Wildman–Crippen LogP) is 1.36. The second-order valence-electron chi connectivity index (χ2n) is 6.84. The molecule has 3 heterocycles. The van der Waals surface area contributed by atoms with Crippen LogP contribution in [0.25, 0.3) is 0 Å². The van der Waals surface area contributed by atoms with E-state index in [1.165, 1.54) is 6.42 Å². The summed E-state index contributed by atoms with van der Waals surface area (Å²) in [5, 5.41) is 8.92. The quantitative estimate of drug-likeness (QED) is 0.844. The lowest BCUT2D eigenvalue weighted by Gasteiger charge is -2.34. The summed E-state index contributed by atoms with van der Waals surface area (Å²) in [5.74, 6) is 2.67. The van der Waals surface area contributed by atoms with Gasteiger partial charge in [-0.05, 0) is 25.8 Å². The van der Waals surface area contributed by atoms with Crippen molar-refractivity contribution in [2.45, 2.75) is 45.2 Å². The van der Waals surface area contributed by atoms with Crippen molar-refractivity contribution in [1.29, 1.82) is 0 Å². The van der Waals surface area contributed by atoms with Gasteiger partial charge in [0, 0.05) is 46.2 Å². The molecule has 1 fully saturated rings. The number of hydrogen-bond donors (Lipinski definition) is 0. The predicted molar refractivity (Wildman–Crippen MR) is 88.2 cm³/mol. The highest BCUT2D eigenvalue weighted by molar-refractivity contribution is 5.73. The number of nitrogens with zero attached hydrogens (tertiary/aromatic N) is 6. The van der Waals surface area contributed by atoms with E-state index in [0.717, 1.165) is 63.8 Å². The lowest BCUT2D eigenvalue weighted by Crippen LogP contribution is -2.44. The number of piperidine rings is 1. The summed E-state index contributed by atoms with van der Waals surface area (Å²) in [6.07, 6.45) is 3.14. The molecule has 0 N–H and O–H groups in total. The Labute approximate surface area is 138 Å². The number of carbonyl (C=O) groups excluding carboxylic acids is 1. The van der Waals surface area contributed by atoms with E-state index < -0.39 is 0 Å². The Morgan fingerprint density at radius 1 is 1.17 bits per heavy atom. The minimum atomic E-state index is 0.113. The standard InChI is InChI=1S/C16H28N6O/c1-4-7-20-10-11-22-14(12-20)17-18-15(22)13-5-8-21(9-6-13)16(23)19(2)3/h13H,4-12H2,1-3H3. The van der Waals surface area contributed by atoms with E-state index in [0.29, 0.717) is 5.92 Å². The maximum absolute atomic E-state index is 12.0. The highest BCUT2D eigenvalue weighted by atomic mass is 16.2. The zero-order valence-electron chi connectivity index (χ0n) is 14.5. The molecule has 3 rings (SSSR count). The molecule has 1 saturated heterocycles. The number of urea groups is 1. The normalized spacial score (nSPS) is 19.7. The molecular weight excluding hydrogens is 292 g/mol. The van der Waals surface area contributed by atoms with Crippen LogP contribution in [0, 0.1) is 0 Å². The third-order valence-electron chi connectivity index (χ3n) is 4.91. The van der Waals surface area contributed by atoms with Crippen molar-refractivity contribution >= 4 is 6.03 Å². The third kappa shape index (κ3) is 3.34. The molecule has 0 aromatic carbocycles. The van der Waals surface area contributed by atoms with Gasteiger partial charge < -0.3 is 14.4 Å². The summed E-state index contributed by atoms with van der Waals surface area (Å²) in [7, 11) is 3.62. The lowest BCUT2D eigenvalue weighted by molar-refractivity contribution is 0.154. The van der Waals surface area contributed by atoms with Crippen LogP contribution < -0.4 is 0 Å². The van der Waals surface area contributed by atoms with Crippen molar-refractivity contribution in [2.75, 3.05) is 40.3 Å². The molecule has 2 aliphatic heterocycles. The molecule has 0 bridgehead atoms.